The number of nitrogens with one attached hydrogen (secondary N) is 1. The zero-order chi connectivity index (χ0) is 17.2. The summed E-state index contributed by atoms with van der Waals surface area (Å²) in [6.45, 7) is 6.28. The highest BCUT2D eigenvalue weighted by molar-refractivity contribution is 5.81. The molecule has 0 aliphatic carbocycles. The normalized spacial score (nSPS) is 15.8. The van der Waals surface area contributed by atoms with Gasteiger partial charge in [0.25, 0.3) is 0 Å². The predicted molar refractivity (Wildman–Crippen MR) is 96.3 cm³/mol. The van der Waals surface area contributed by atoms with Crippen molar-refractivity contribution in [2.75, 3.05) is 31.1 Å². The van der Waals surface area contributed by atoms with Crippen molar-refractivity contribution in [2.45, 2.75) is 20.1 Å². The lowest BCUT2D eigenvalue weighted by Gasteiger charge is -2.35. The number of para-hydroxylation sites is 1. The number of fused-ring (bicyclic) bond motifs is 1. The van der Waals surface area contributed by atoms with Crippen LogP contribution in [0.5, 0.6) is 0 Å². The Kier molecular flexibility index (Phi) is 4.33. The minimum absolute atomic E-state index is 0.00382. The van der Waals surface area contributed by atoms with E-state index in [1.165, 1.54) is 0 Å². The van der Waals surface area contributed by atoms with Crippen molar-refractivity contribution in [1.82, 2.24) is 25.1 Å². The number of aromatic nitrogens is 4. The Labute approximate surface area is 146 Å². The molecule has 0 spiro atoms. The fourth-order valence-corrected chi connectivity index (χ4v) is 3.32. The van der Waals surface area contributed by atoms with Crippen LogP contribution in [0.2, 0.25) is 0 Å². The van der Waals surface area contributed by atoms with Crippen LogP contribution in [0.4, 0.5) is 5.82 Å². The van der Waals surface area contributed by atoms with E-state index < -0.39 is 0 Å². The lowest BCUT2D eigenvalue weighted by atomic mass is 10.1. The summed E-state index contributed by atoms with van der Waals surface area (Å²) in [5, 5.41) is 17.9. The fourth-order valence-electron chi connectivity index (χ4n) is 3.32. The minimum atomic E-state index is 0.00382. The maximum Gasteiger partial charge on any atom is 0.164 e. The molecule has 2 N–H and O–H groups in total. The van der Waals surface area contributed by atoms with Crippen molar-refractivity contribution in [3.63, 3.8) is 0 Å². The van der Waals surface area contributed by atoms with Gasteiger partial charge in [0.15, 0.2) is 5.82 Å². The number of nitrogens with zero attached hydrogens (tertiary/aromatic N) is 5. The number of H-pyrrole nitrogens is 1. The van der Waals surface area contributed by atoms with Crippen molar-refractivity contribution in [2.24, 2.45) is 0 Å². The second-order valence-corrected chi connectivity index (χ2v) is 6.42. The molecule has 1 aliphatic heterocycles. The molecule has 1 aliphatic rings. The number of pyridine rings is 1. The van der Waals surface area contributed by atoms with E-state index in [0.717, 1.165) is 66.7 Å². The molecule has 0 amide bonds. The van der Waals surface area contributed by atoms with E-state index in [1.807, 2.05) is 37.3 Å². The van der Waals surface area contributed by atoms with Crippen LogP contribution in [0.1, 0.15) is 17.2 Å². The second kappa shape index (κ2) is 6.78. The van der Waals surface area contributed by atoms with Gasteiger partial charge in [-0.15, -0.1) is 0 Å². The van der Waals surface area contributed by atoms with Gasteiger partial charge in [-0.1, -0.05) is 18.2 Å². The molecule has 3 aromatic rings. The van der Waals surface area contributed by atoms with E-state index in [1.54, 1.807) is 0 Å². The highest BCUT2D eigenvalue weighted by atomic mass is 16.3. The average Bonchev–Trinajstić information content (AvgIpc) is 3.06. The third-order valence-corrected chi connectivity index (χ3v) is 4.63. The molecule has 7 nitrogen and oxygen atoms in total. The number of hydrogen-bond acceptors (Lipinski definition) is 6. The Morgan fingerprint density at radius 3 is 2.64 bits per heavy atom. The Hall–Kier alpha value is -2.51. The summed E-state index contributed by atoms with van der Waals surface area (Å²) in [6, 6.07) is 10.1. The molecule has 3 heterocycles. The van der Waals surface area contributed by atoms with Crippen LogP contribution in [0.25, 0.3) is 10.9 Å². The molecule has 0 bridgehead atoms. The Bertz CT molecular complexity index is 869. The number of rotatable bonds is 4. The van der Waals surface area contributed by atoms with Gasteiger partial charge in [0.2, 0.25) is 0 Å². The fraction of sp³-hybridized carbons (Fsp3) is 0.389. The van der Waals surface area contributed by atoms with E-state index in [0.29, 0.717) is 0 Å². The summed E-state index contributed by atoms with van der Waals surface area (Å²) in [6.07, 6.45) is 0. The van der Waals surface area contributed by atoms with Gasteiger partial charge in [-0.25, -0.2) is 9.97 Å². The van der Waals surface area contributed by atoms with Crippen molar-refractivity contribution in [3.8, 4) is 0 Å². The number of anilines is 1. The molecular formula is C18H22N6O. The van der Waals surface area contributed by atoms with E-state index in [-0.39, 0.29) is 6.61 Å². The van der Waals surface area contributed by atoms with Gasteiger partial charge in [-0.3, -0.25) is 10.00 Å². The molecule has 4 rings (SSSR count). The lowest BCUT2D eigenvalue weighted by molar-refractivity contribution is 0.242. The quantitative estimate of drug-likeness (QED) is 0.750. The van der Waals surface area contributed by atoms with Crippen molar-refractivity contribution < 1.29 is 5.11 Å². The zero-order valence-corrected chi connectivity index (χ0v) is 14.3. The SMILES string of the molecule is Cc1nc(CN2CCN(c3nc4ccccc4cc3CO)CC2)n[nH]1. The highest BCUT2D eigenvalue weighted by Crippen LogP contribution is 2.25. The van der Waals surface area contributed by atoms with Crippen LogP contribution in [0.15, 0.2) is 30.3 Å². The van der Waals surface area contributed by atoms with E-state index in [4.69, 9.17) is 4.98 Å². The van der Waals surface area contributed by atoms with Gasteiger partial charge < -0.3 is 10.0 Å². The molecule has 1 aromatic carbocycles. The van der Waals surface area contributed by atoms with E-state index in [2.05, 4.69) is 25.0 Å². The van der Waals surface area contributed by atoms with Crippen molar-refractivity contribution in [3.05, 3.63) is 47.5 Å². The smallest absolute Gasteiger partial charge is 0.164 e. The number of piperazine rings is 1. The average molecular weight is 338 g/mol. The summed E-state index contributed by atoms with van der Waals surface area (Å²) in [4.78, 5) is 13.8. The van der Waals surface area contributed by atoms with E-state index in [9.17, 15) is 5.11 Å². The lowest BCUT2D eigenvalue weighted by Crippen LogP contribution is -2.46. The third-order valence-electron chi connectivity index (χ3n) is 4.63. The molecule has 0 saturated carbocycles. The molecule has 130 valence electrons. The van der Waals surface area contributed by atoms with Gasteiger partial charge in [-0.05, 0) is 19.1 Å². The first-order valence-corrected chi connectivity index (χ1v) is 8.57. The highest BCUT2D eigenvalue weighted by Gasteiger charge is 2.21. The number of hydrogen-bond donors (Lipinski definition) is 2. The van der Waals surface area contributed by atoms with Crippen LogP contribution in [-0.2, 0) is 13.2 Å². The number of benzene rings is 1. The number of aromatic amines is 1. The van der Waals surface area contributed by atoms with Gasteiger partial charge in [0.1, 0.15) is 11.6 Å². The van der Waals surface area contributed by atoms with E-state index >= 15 is 0 Å². The summed E-state index contributed by atoms with van der Waals surface area (Å²) < 4.78 is 0. The maximum atomic E-state index is 9.76. The molecule has 0 unspecified atom stereocenters. The molecule has 2 aromatic heterocycles. The standard InChI is InChI=1S/C18H22N6O/c1-13-19-17(22-21-13)11-23-6-8-24(9-7-23)18-15(12-25)10-14-4-2-3-5-16(14)20-18/h2-5,10,25H,6-9,11-12H2,1H3,(H,19,21,22). The first-order valence-electron chi connectivity index (χ1n) is 8.57. The molecule has 0 atom stereocenters. The molecule has 1 fully saturated rings. The Morgan fingerprint density at radius 2 is 1.92 bits per heavy atom. The molecular weight excluding hydrogens is 316 g/mol. The summed E-state index contributed by atoms with van der Waals surface area (Å²) in [5.41, 5.74) is 1.85. The summed E-state index contributed by atoms with van der Waals surface area (Å²) in [7, 11) is 0. The third kappa shape index (κ3) is 3.33. The number of aryl methyl sites for hydroxylation is 1. The van der Waals surface area contributed by atoms with Crippen LogP contribution in [-0.4, -0.2) is 56.4 Å². The Morgan fingerprint density at radius 1 is 1.12 bits per heavy atom. The van der Waals surface area contributed by atoms with Gasteiger partial charge in [0.05, 0.1) is 18.7 Å². The van der Waals surface area contributed by atoms with Crippen molar-refractivity contribution in [1.29, 1.82) is 0 Å². The monoisotopic (exact) mass is 338 g/mol. The van der Waals surface area contributed by atoms with Gasteiger partial charge in [0, 0.05) is 37.1 Å². The zero-order valence-electron chi connectivity index (χ0n) is 14.3. The van der Waals surface area contributed by atoms with Crippen LogP contribution in [0.3, 0.4) is 0 Å². The molecule has 1 saturated heterocycles. The molecule has 7 heteroatoms. The number of aliphatic hydroxyl groups is 1. The molecule has 25 heavy (non-hydrogen) atoms. The first-order chi connectivity index (χ1) is 12.2. The topological polar surface area (TPSA) is 81.2 Å². The summed E-state index contributed by atoms with van der Waals surface area (Å²) >= 11 is 0. The first kappa shape index (κ1) is 16.0. The van der Waals surface area contributed by atoms with Crippen LogP contribution >= 0.6 is 0 Å². The van der Waals surface area contributed by atoms with Crippen LogP contribution < -0.4 is 4.90 Å². The predicted octanol–water partition coefficient (Wildman–Crippen LogP) is 1.48. The molecule has 0 radical (unpaired) electrons. The number of aliphatic hydroxyl groups excluding tert-OH is 1. The summed E-state index contributed by atoms with van der Waals surface area (Å²) in [5.74, 6) is 2.59. The second-order valence-electron chi connectivity index (χ2n) is 6.42. The Balaban J connectivity index is 1.49. The minimum Gasteiger partial charge on any atom is -0.392 e. The van der Waals surface area contributed by atoms with Gasteiger partial charge in [-0.2, -0.15) is 5.10 Å². The van der Waals surface area contributed by atoms with Crippen molar-refractivity contribution >= 4 is 16.7 Å². The largest absolute Gasteiger partial charge is 0.392 e. The maximum absolute atomic E-state index is 9.76. The van der Waals surface area contributed by atoms with Gasteiger partial charge >= 0.3 is 0 Å². The van der Waals surface area contributed by atoms with Crippen LogP contribution in [0, 0.1) is 6.92 Å².